The number of nitrogens with two attached hydrogens (primary N) is 1. The number of ether oxygens (including phenoxy) is 1. The monoisotopic (exact) mass is 268 g/mol. The smallest absolute Gasteiger partial charge is 0.159 e. The highest BCUT2D eigenvalue weighted by Gasteiger charge is 2.19. The molecule has 1 saturated heterocycles. The summed E-state index contributed by atoms with van der Waals surface area (Å²) in [7, 11) is -1.60. The Balaban J connectivity index is 2.10. The maximum absolute atomic E-state index is 11.4. The second kappa shape index (κ2) is 4.63. The Bertz CT molecular complexity index is 594. The van der Waals surface area contributed by atoms with Crippen LogP contribution in [0.1, 0.15) is 0 Å². The van der Waals surface area contributed by atoms with Crippen molar-refractivity contribution in [2.75, 3.05) is 31.2 Å². The lowest BCUT2D eigenvalue weighted by Crippen LogP contribution is -2.36. The van der Waals surface area contributed by atoms with E-state index in [2.05, 4.69) is 15.2 Å². The Hall–Kier alpha value is -1.51. The van der Waals surface area contributed by atoms with Crippen LogP contribution < -0.4 is 10.0 Å². The van der Waals surface area contributed by atoms with Crippen LogP contribution in [0.5, 0.6) is 0 Å². The van der Waals surface area contributed by atoms with Crippen LogP contribution in [0.2, 0.25) is 0 Å². The normalized spacial score (nSPS) is 18.2. The van der Waals surface area contributed by atoms with Crippen LogP contribution in [0.15, 0.2) is 21.7 Å². The number of fused-ring (bicyclic) bond motifs is 1. The number of hydrogen-bond acceptors (Lipinski definition) is 6. The molecule has 1 fully saturated rings. The molecule has 2 aromatic rings. The average Bonchev–Trinajstić information content (AvgIpc) is 2.87. The van der Waals surface area contributed by atoms with E-state index in [0.717, 1.165) is 18.8 Å². The quantitative estimate of drug-likeness (QED) is 0.826. The van der Waals surface area contributed by atoms with Gasteiger partial charge in [-0.15, -0.1) is 0 Å². The van der Waals surface area contributed by atoms with Gasteiger partial charge in [0.1, 0.15) is 11.0 Å². The number of aromatic nitrogens is 2. The molecule has 1 unspecified atom stereocenters. The van der Waals surface area contributed by atoms with Crippen LogP contribution in [0.4, 0.5) is 5.69 Å². The summed E-state index contributed by atoms with van der Waals surface area (Å²) in [6.07, 6.45) is 0. The van der Waals surface area contributed by atoms with E-state index in [1.807, 2.05) is 6.07 Å². The largest absolute Gasteiger partial charge is 0.378 e. The lowest BCUT2D eigenvalue weighted by atomic mass is 10.2. The van der Waals surface area contributed by atoms with Crippen molar-refractivity contribution in [3.05, 3.63) is 12.1 Å². The molecule has 1 aromatic heterocycles. The van der Waals surface area contributed by atoms with E-state index >= 15 is 0 Å². The summed E-state index contributed by atoms with van der Waals surface area (Å²) in [4.78, 5) is 2.57. The molecule has 96 valence electrons. The fourth-order valence-electron chi connectivity index (χ4n) is 2.05. The summed E-state index contributed by atoms with van der Waals surface area (Å²) in [5.41, 5.74) is 1.96. The van der Waals surface area contributed by atoms with Crippen LogP contribution in [0.3, 0.4) is 0 Å². The second-order valence-corrected chi connectivity index (χ2v) is 4.98. The van der Waals surface area contributed by atoms with Gasteiger partial charge in [-0.2, -0.15) is 0 Å². The first-order valence-corrected chi connectivity index (χ1v) is 6.73. The summed E-state index contributed by atoms with van der Waals surface area (Å²) >= 11 is 0. The summed E-state index contributed by atoms with van der Waals surface area (Å²) in [6, 6.07) is 3.55. The van der Waals surface area contributed by atoms with Gasteiger partial charge in [0, 0.05) is 13.1 Å². The van der Waals surface area contributed by atoms with Gasteiger partial charge in [-0.05, 0) is 22.4 Å². The fourth-order valence-corrected chi connectivity index (χ4v) is 2.58. The van der Waals surface area contributed by atoms with Gasteiger partial charge >= 0.3 is 0 Å². The van der Waals surface area contributed by atoms with Crippen LogP contribution in [-0.4, -0.2) is 40.8 Å². The van der Waals surface area contributed by atoms with Gasteiger partial charge in [0.2, 0.25) is 0 Å². The zero-order valence-electron chi connectivity index (χ0n) is 9.54. The number of rotatable bonds is 2. The van der Waals surface area contributed by atoms with Gasteiger partial charge in [-0.3, -0.25) is 0 Å². The Labute approximate surface area is 105 Å². The zero-order chi connectivity index (χ0) is 12.5. The first kappa shape index (κ1) is 11.6. The lowest BCUT2D eigenvalue weighted by molar-refractivity contribution is 0.123. The summed E-state index contributed by atoms with van der Waals surface area (Å²) in [5.74, 6) is 0. The molecular formula is C10H12N4O3S. The third kappa shape index (κ3) is 1.88. The molecule has 0 saturated carbocycles. The first-order chi connectivity index (χ1) is 8.77. The molecule has 0 spiro atoms. The van der Waals surface area contributed by atoms with Crippen LogP contribution in [0.25, 0.3) is 11.0 Å². The molecular weight excluding hydrogens is 256 g/mol. The van der Waals surface area contributed by atoms with Crippen molar-refractivity contribution in [2.24, 2.45) is 5.14 Å². The molecule has 0 bridgehead atoms. The van der Waals surface area contributed by atoms with Gasteiger partial charge in [0.15, 0.2) is 11.0 Å². The molecule has 1 aliphatic heterocycles. The van der Waals surface area contributed by atoms with E-state index in [0.29, 0.717) is 29.1 Å². The highest BCUT2D eigenvalue weighted by molar-refractivity contribution is 7.83. The van der Waals surface area contributed by atoms with Gasteiger partial charge < -0.3 is 9.64 Å². The van der Waals surface area contributed by atoms with Crippen molar-refractivity contribution < 1.29 is 13.6 Å². The fraction of sp³-hybridized carbons (Fsp3) is 0.400. The predicted octanol–water partition coefficient (Wildman–Crippen LogP) is 0.0407. The average molecular weight is 268 g/mol. The van der Waals surface area contributed by atoms with Gasteiger partial charge in [-0.25, -0.2) is 14.0 Å². The molecule has 1 aliphatic rings. The van der Waals surface area contributed by atoms with E-state index < -0.39 is 11.0 Å². The van der Waals surface area contributed by atoms with Gasteiger partial charge in [0.05, 0.1) is 23.8 Å². The van der Waals surface area contributed by atoms with Gasteiger partial charge in [0.25, 0.3) is 0 Å². The minimum Gasteiger partial charge on any atom is -0.378 e. The maximum atomic E-state index is 11.4. The number of anilines is 1. The van der Waals surface area contributed by atoms with Crippen molar-refractivity contribution in [1.82, 2.24) is 10.3 Å². The molecule has 3 rings (SSSR count). The Morgan fingerprint density at radius 2 is 1.94 bits per heavy atom. The molecule has 8 heteroatoms. The standard InChI is InChI=1S/C10H12N4O3S/c11-18(15)8-2-1-7(9-10(8)13-17-12-9)14-3-5-16-6-4-14/h1-2H,3-6,11H2. The van der Waals surface area contributed by atoms with Crippen LogP contribution >= 0.6 is 0 Å². The van der Waals surface area contributed by atoms with Crippen molar-refractivity contribution >= 4 is 27.7 Å². The SMILES string of the molecule is NS(=O)c1ccc(N2CCOCC2)c2nonc12. The third-order valence-electron chi connectivity index (χ3n) is 2.93. The zero-order valence-corrected chi connectivity index (χ0v) is 10.4. The highest BCUT2D eigenvalue weighted by atomic mass is 32.2. The van der Waals surface area contributed by atoms with Crippen molar-refractivity contribution in [1.29, 1.82) is 0 Å². The third-order valence-corrected chi connectivity index (χ3v) is 3.69. The topological polar surface area (TPSA) is 94.5 Å². The summed E-state index contributed by atoms with van der Waals surface area (Å²) in [6.45, 7) is 2.93. The number of morpholine rings is 1. The highest BCUT2D eigenvalue weighted by Crippen LogP contribution is 2.28. The van der Waals surface area contributed by atoms with E-state index in [-0.39, 0.29) is 0 Å². The first-order valence-electron chi connectivity index (χ1n) is 5.51. The molecule has 2 heterocycles. The number of hydrogen-bond donors (Lipinski definition) is 1. The molecule has 18 heavy (non-hydrogen) atoms. The number of nitrogens with zero attached hydrogens (tertiary/aromatic N) is 3. The van der Waals surface area contributed by atoms with E-state index in [4.69, 9.17) is 14.5 Å². The van der Waals surface area contributed by atoms with E-state index in [1.54, 1.807) is 6.07 Å². The minimum absolute atomic E-state index is 0.434. The van der Waals surface area contributed by atoms with Crippen molar-refractivity contribution in [3.63, 3.8) is 0 Å². The molecule has 1 aromatic carbocycles. The Morgan fingerprint density at radius 3 is 2.67 bits per heavy atom. The van der Waals surface area contributed by atoms with E-state index in [9.17, 15) is 4.21 Å². The van der Waals surface area contributed by atoms with E-state index in [1.165, 1.54) is 0 Å². The Kier molecular flexibility index (Phi) is 2.98. The molecule has 7 nitrogen and oxygen atoms in total. The van der Waals surface area contributed by atoms with Crippen LogP contribution in [-0.2, 0) is 15.7 Å². The molecule has 0 amide bonds. The second-order valence-electron chi connectivity index (χ2n) is 3.94. The molecule has 0 aliphatic carbocycles. The summed E-state index contributed by atoms with van der Waals surface area (Å²) in [5, 5.41) is 13.1. The van der Waals surface area contributed by atoms with Gasteiger partial charge in [-0.1, -0.05) is 0 Å². The maximum Gasteiger partial charge on any atom is 0.159 e. The van der Waals surface area contributed by atoms with Crippen LogP contribution in [0, 0.1) is 0 Å². The van der Waals surface area contributed by atoms with Crippen molar-refractivity contribution in [2.45, 2.75) is 4.90 Å². The molecule has 2 N–H and O–H groups in total. The molecule has 1 atom stereocenters. The minimum atomic E-state index is -1.60. The summed E-state index contributed by atoms with van der Waals surface area (Å²) < 4.78 is 21.4. The van der Waals surface area contributed by atoms with Crippen molar-refractivity contribution in [3.8, 4) is 0 Å². The lowest BCUT2D eigenvalue weighted by Gasteiger charge is -2.28. The molecule has 0 radical (unpaired) electrons. The number of benzene rings is 1. The predicted molar refractivity (Wildman–Crippen MR) is 65.4 cm³/mol. The Morgan fingerprint density at radius 1 is 1.22 bits per heavy atom.